The van der Waals surface area contributed by atoms with Gasteiger partial charge in [-0.15, -0.1) is 0 Å². The summed E-state index contributed by atoms with van der Waals surface area (Å²) < 4.78 is 59.6. The van der Waals surface area contributed by atoms with Crippen LogP contribution in [0, 0.1) is 35.5 Å². The second kappa shape index (κ2) is 30.1. The van der Waals surface area contributed by atoms with E-state index in [4.69, 9.17) is 47.1 Å². The zero-order valence-corrected chi connectivity index (χ0v) is 51.7. The van der Waals surface area contributed by atoms with E-state index in [0.29, 0.717) is 69.8 Å². The number of hydrogen-bond donors (Lipinski definition) is 1. The Labute approximate surface area is 477 Å². The van der Waals surface area contributed by atoms with Gasteiger partial charge in [-0.2, -0.15) is 0 Å². The second-order valence-corrected chi connectivity index (χ2v) is 29.4. The van der Waals surface area contributed by atoms with Gasteiger partial charge in [0.25, 0.3) is 11.7 Å². The molecule has 3 saturated heterocycles. The van der Waals surface area contributed by atoms with Gasteiger partial charge >= 0.3 is 12.1 Å². The molecule has 0 aromatic rings. The van der Waals surface area contributed by atoms with Crippen LogP contribution in [0.25, 0.3) is 0 Å². The van der Waals surface area contributed by atoms with Crippen LogP contribution in [-0.4, -0.2) is 161 Å². The summed E-state index contributed by atoms with van der Waals surface area (Å²) in [5.41, 5.74) is 1.54. The summed E-state index contributed by atoms with van der Waals surface area (Å²) in [6.45, 7) is 23.1. The number of cyclic esters (lactones) is 1. The van der Waals surface area contributed by atoms with Gasteiger partial charge in [0.15, 0.2) is 19.9 Å². The number of carbonyl (C=O) groups excluding carboxylic acids is 6. The summed E-state index contributed by atoms with van der Waals surface area (Å²) in [5.74, 6) is -8.71. The quantitative estimate of drug-likeness (QED) is 0.0882. The van der Waals surface area contributed by atoms with Crippen LogP contribution < -0.4 is 0 Å². The van der Waals surface area contributed by atoms with Crippen LogP contribution in [0.15, 0.2) is 47.6 Å². The van der Waals surface area contributed by atoms with Crippen molar-refractivity contribution in [2.45, 2.75) is 225 Å². The standard InChI is InChI=1S/C61H97NO17Si/c1-37-21-17-16-18-22-38(2)50(70-10)33-45-26-24-43(7)61(69,78-45)56(65)57(66)62-28-20-19-23-47(62)58(67)75-51(34-48(63)39(3)30-42(6)54(79-80(13,14)15)55(72-12)53(64)41(5)29-37)40(4)31-44-25-27-49(52(32-44)71-11)76-59(68)73-35-46-36-74-60(8,9)77-46/h16-18,21-22,30,37,39-41,43-47,49-52,54-55,69H,19-20,23-29,31-36H2,1-15H3/b18-16+,21-17+,38-22+,42-30+/t37-,39-,40-,41-,43-,44+,45?,46?,47?,49-,50+,51+,52-,54-,55+,61-/m1/s1. The van der Waals surface area contributed by atoms with Crippen LogP contribution in [0.2, 0.25) is 19.6 Å². The minimum absolute atomic E-state index is 0.00725. The van der Waals surface area contributed by atoms with Crippen LogP contribution in [-0.2, 0) is 71.0 Å². The van der Waals surface area contributed by atoms with E-state index in [-0.39, 0.29) is 56.0 Å². The smallest absolute Gasteiger partial charge is 0.460 e. The van der Waals surface area contributed by atoms with Gasteiger partial charge < -0.3 is 57.1 Å². The minimum Gasteiger partial charge on any atom is -0.460 e. The lowest BCUT2D eigenvalue weighted by molar-refractivity contribution is -0.265. The molecule has 1 saturated carbocycles. The maximum Gasteiger partial charge on any atom is 0.508 e. The number of amides is 1. The molecular weight excluding hydrogens is 1050 g/mol. The van der Waals surface area contributed by atoms with E-state index in [1.165, 1.54) is 12.0 Å². The van der Waals surface area contributed by atoms with Crippen molar-refractivity contribution in [1.29, 1.82) is 0 Å². The second-order valence-electron chi connectivity index (χ2n) is 24.9. The minimum atomic E-state index is -2.46. The van der Waals surface area contributed by atoms with Crippen molar-refractivity contribution in [3.63, 3.8) is 0 Å². The normalized spacial score (nSPS) is 37.8. The number of allylic oxidation sites excluding steroid dienone is 6. The number of esters is 1. The number of Topliss-reactive ketones (excluding diaryl/α,β-unsaturated/α-hetero) is 3. The van der Waals surface area contributed by atoms with Crippen LogP contribution >= 0.6 is 0 Å². The summed E-state index contributed by atoms with van der Waals surface area (Å²) >= 11 is 0. The zero-order chi connectivity index (χ0) is 59.3. The number of ketones is 3. The van der Waals surface area contributed by atoms with Crippen LogP contribution in [0.1, 0.15) is 139 Å². The lowest BCUT2D eigenvalue weighted by Gasteiger charge is -2.42. The lowest BCUT2D eigenvalue weighted by atomic mass is 9.78. The molecule has 5 rings (SSSR count). The number of methoxy groups -OCH3 is 3. The molecule has 2 bridgehead atoms. The molecule has 1 amide bonds. The molecule has 18 nitrogen and oxygen atoms in total. The highest BCUT2D eigenvalue weighted by molar-refractivity contribution is 6.69. The maximum atomic E-state index is 14.7. The number of hydrogen-bond acceptors (Lipinski definition) is 17. The molecule has 1 aliphatic carbocycles. The Balaban J connectivity index is 1.46. The monoisotopic (exact) mass is 1140 g/mol. The molecule has 3 unspecified atom stereocenters. The third-order valence-corrected chi connectivity index (χ3v) is 17.6. The molecule has 4 heterocycles. The SMILES string of the molecule is CO[C@H]1CC2CC[C@@H](C)[C@@](O)(O2)C(=O)C(=O)N2CCCCC2C(=O)O[C@H]([C@H](C)C[C@@H]2CC[C@@H](OC(=O)OCC3COC(C)(C)O3)[C@H](OC)C2)CC(=O)[C@H](C)/C=C(\C)[C@@H](O[Si](C)(C)C)[C@@H](OC)C(=O)[C@H](C)C[C@H](C)/C=C/C=C/C=C/1C. The largest absolute Gasteiger partial charge is 0.508 e. The lowest BCUT2D eigenvalue weighted by Crippen LogP contribution is -2.61. The topological polar surface area (TPSA) is 218 Å². The average molecular weight is 1140 g/mol. The number of aliphatic hydroxyl groups is 1. The Morgan fingerprint density at radius 1 is 0.838 bits per heavy atom. The molecule has 0 aromatic heterocycles. The molecular formula is C61H97NO17Si. The van der Waals surface area contributed by atoms with Crippen LogP contribution in [0.3, 0.4) is 0 Å². The van der Waals surface area contributed by atoms with E-state index in [2.05, 4.69) is 6.92 Å². The number of piperidine rings is 1. The summed E-state index contributed by atoms with van der Waals surface area (Å²) in [5, 5.41) is 12.1. The Bertz CT molecular complexity index is 2240. The van der Waals surface area contributed by atoms with Gasteiger partial charge in [0.05, 0.1) is 31.0 Å². The molecule has 1 N–H and O–H groups in total. The number of rotatable bonds is 11. The highest BCUT2D eigenvalue weighted by Gasteiger charge is 2.53. The average Bonchev–Trinajstić information content (AvgIpc) is 3.76. The Morgan fingerprint density at radius 3 is 2.21 bits per heavy atom. The van der Waals surface area contributed by atoms with Gasteiger partial charge in [-0.25, -0.2) is 9.59 Å². The van der Waals surface area contributed by atoms with Gasteiger partial charge in [-0.3, -0.25) is 19.2 Å². The summed E-state index contributed by atoms with van der Waals surface area (Å²) in [7, 11) is 2.32. The van der Waals surface area contributed by atoms with E-state index in [0.717, 1.165) is 5.57 Å². The van der Waals surface area contributed by atoms with Crippen molar-refractivity contribution in [2.75, 3.05) is 41.1 Å². The Morgan fingerprint density at radius 2 is 1.56 bits per heavy atom. The summed E-state index contributed by atoms with van der Waals surface area (Å²) in [6, 6.07) is -1.18. The van der Waals surface area contributed by atoms with Crippen molar-refractivity contribution in [2.24, 2.45) is 35.5 Å². The fourth-order valence-electron chi connectivity index (χ4n) is 11.9. The fraction of sp³-hybridized carbons (Fsp3) is 0.770. The first-order valence-electron chi connectivity index (χ1n) is 29.2. The summed E-state index contributed by atoms with van der Waals surface area (Å²) in [6.07, 6.45) is 10.4. The van der Waals surface area contributed by atoms with Gasteiger partial charge in [0.1, 0.15) is 42.8 Å². The van der Waals surface area contributed by atoms with Gasteiger partial charge in [-0.1, -0.05) is 71.1 Å². The molecule has 4 fully saturated rings. The maximum absolute atomic E-state index is 14.7. The molecule has 0 radical (unpaired) electrons. The number of fused-ring (bicyclic) bond motifs is 3. The third kappa shape index (κ3) is 18.8. The molecule has 80 heavy (non-hydrogen) atoms. The van der Waals surface area contributed by atoms with Gasteiger partial charge in [0.2, 0.25) is 5.79 Å². The molecule has 19 heteroatoms. The van der Waals surface area contributed by atoms with E-state index in [9.17, 15) is 33.9 Å². The van der Waals surface area contributed by atoms with Crippen molar-refractivity contribution >= 4 is 43.7 Å². The Hall–Kier alpha value is -3.92. The number of ether oxygens (including phenoxy) is 9. The van der Waals surface area contributed by atoms with Gasteiger partial charge in [-0.05, 0) is 140 Å². The van der Waals surface area contributed by atoms with Crippen molar-refractivity contribution in [1.82, 2.24) is 4.90 Å². The first kappa shape index (κ1) is 66.9. The highest BCUT2D eigenvalue weighted by atomic mass is 28.4. The first-order valence-corrected chi connectivity index (χ1v) is 32.6. The zero-order valence-electron chi connectivity index (χ0n) is 50.7. The predicted molar refractivity (Wildman–Crippen MR) is 302 cm³/mol. The molecule has 16 atom stereocenters. The van der Waals surface area contributed by atoms with Crippen molar-refractivity contribution in [3.05, 3.63) is 47.6 Å². The fourth-order valence-corrected chi connectivity index (χ4v) is 13.0. The van der Waals surface area contributed by atoms with E-state index in [1.807, 2.05) is 83.8 Å². The van der Waals surface area contributed by atoms with Crippen molar-refractivity contribution < 1.29 is 80.9 Å². The van der Waals surface area contributed by atoms with Crippen molar-refractivity contribution in [3.8, 4) is 0 Å². The predicted octanol–water partition coefficient (Wildman–Crippen LogP) is 9.35. The van der Waals surface area contributed by atoms with E-state index in [1.54, 1.807) is 41.9 Å². The van der Waals surface area contributed by atoms with Gasteiger partial charge in [0, 0.05) is 58.5 Å². The molecule has 0 spiro atoms. The number of carbonyl (C=O) groups is 6. The van der Waals surface area contributed by atoms with E-state index >= 15 is 0 Å². The molecule has 0 aromatic carbocycles. The Kier molecular flexibility index (Phi) is 25.1. The molecule has 4 aliphatic heterocycles. The van der Waals surface area contributed by atoms with Crippen LogP contribution in [0.5, 0.6) is 0 Å². The first-order chi connectivity index (χ1) is 37.6. The molecule has 5 aliphatic rings. The third-order valence-electron chi connectivity index (χ3n) is 16.6. The highest BCUT2D eigenvalue weighted by Crippen LogP contribution is 2.39. The number of nitrogens with zero attached hydrogens (tertiary/aromatic N) is 1. The summed E-state index contributed by atoms with van der Waals surface area (Å²) in [4.78, 5) is 86.8. The van der Waals surface area contributed by atoms with Crippen LogP contribution in [0.4, 0.5) is 4.79 Å². The van der Waals surface area contributed by atoms with E-state index < -0.39 is 122 Å². The molecule has 452 valence electrons.